The van der Waals surface area contributed by atoms with Crippen LogP contribution in [0.1, 0.15) is 64.3 Å². The number of halogens is 4. The Morgan fingerprint density at radius 2 is 1.11 bits per heavy atom. The molecule has 0 bridgehead atoms. The van der Waals surface area contributed by atoms with Crippen LogP contribution in [0.5, 0.6) is 0 Å². The van der Waals surface area contributed by atoms with E-state index >= 15 is 0 Å². The van der Waals surface area contributed by atoms with E-state index in [2.05, 4.69) is 90.8 Å². The molecule has 0 spiro atoms. The zero-order valence-electron chi connectivity index (χ0n) is 34.5. The molecule has 2 aliphatic heterocycles. The number of sulfone groups is 1. The van der Waals surface area contributed by atoms with Crippen LogP contribution in [0.15, 0.2) is 175 Å². The number of fused-ring (bicyclic) bond motifs is 4. The number of nitrogens with zero attached hydrogens (tertiary/aromatic N) is 1. The molecule has 0 radical (unpaired) electrons. The molecule has 0 saturated heterocycles. The summed E-state index contributed by atoms with van der Waals surface area (Å²) in [5.74, 6) is 0.0185. The van der Waals surface area contributed by atoms with E-state index in [0.717, 1.165) is 35.2 Å². The normalized spacial score (nSPS) is 13.1. The highest BCUT2D eigenvalue weighted by Crippen LogP contribution is 2.42. The first-order chi connectivity index (χ1) is 30.1. The van der Waals surface area contributed by atoms with Gasteiger partial charge in [-0.2, -0.15) is 0 Å². The van der Waals surface area contributed by atoms with E-state index in [1.807, 2.05) is 55.9 Å². The van der Waals surface area contributed by atoms with Crippen molar-refractivity contribution in [3.63, 3.8) is 0 Å². The number of rotatable bonds is 7. The zero-order valence-corrected chi connectivity index (χ0v) is 40.0. The van der Waals surface area contributed by atoms with E-state index in [1.54, 1.807) is 30.0 Å². The lowest BCUT2D eigenvalue weighted by Crippen LogP contribution is -2.29. The van der Waals surface area contributed by atoms with Gasteiger partial charge in [-0.1, -0.05) is 149 Å². The van der Waals surface area contributed by atoms with Gasteiger partial charge in [0.25, 0.3) is 0 Å². The lowest BCUT2D eigenvalue weighted by Gasteiger charge is -2.21. The van der Waals surface area contributed by atoms with Crippen LogP contribution >= 0.6 is 69.9 Å². The smallest absolute Gasteiger partial charge is 0.423 e. The molecule has 0 saturated carbocycles. The van der Waals surface area contributed by atoms with Gasteiger partial charge in [0.1, 0.15) is 5.88 Å². The fourth-order valence-electron chi connectivity index (χ4n) is 7.13. The van der Waals surface area contributed by atoms with Crippen LogP contribution in [0.25, 0.3) is 0 Å². The molecule has 7 aromatic rings. The summed E-state index contributed by atoms with van der Waals surface area (Å²) in [6.07, 6.45) is 1.89. The quantitative estimate of drug-likeness (QED) is 0.122. The molecule has 2 N–H and O–H groups in total. The summed E-state index contributed by atoms with van der Waals surface area (Å²) in [6, 6.07) is 47.2. The molecule has 0 aromatic heterocycles. The maximum atomic E-state index is 12.5. The van der Waals surface area contributed by atoms with Gasteiger partial charge in [-0.3, -0.25) is 4.99 Å². The van der Waals surface area contributed by atoms with Crippen molar-refractivity contribution in [2.45, 2.75) is 64.0 Å². The SMILES string of the molecule is CC(=NCS(=O)(=O)c1ccc(C)cc1)c1ccc2c(c1)Cc1ccccc1S2.CC(c1cc(Cl)cc(Cl)c1)c1ccc2c(c1)Cc1ccccc1S2.OB(O)c1cc(Cl)cc(Cl)c1. The van der Waals surface area contributed by atoms with Crippen molar-refractivity contribution in [3.8, 4) is 0 Å². The Kier molecular flexibility index (Phi) is 15.6. The highest BCUT2D eigenvalue weighted by atomic mass is 35.5. The van der Waals surface area contributed by atoms with Gasteiger partial charge in [0.15, 0.2) is 9.84 Å². The van der Waals surface area contributed by atoms with Crippen molar-refractivity contribution in [1.29, 1.82) is 0 Å². The van der Waals surface area contributed by atoms with Crippen LogP contribution in [0.2, 0.25) is 20.1 Å². The summed E-state index contributed by atoms with van der Waals surface area (Å²) in [5, 5.41) is 19.6. The summed E-state index contributed by atoms with van der Waals surface area (Å²) in [7, 11) is -4.95. The van der Waals surface area contributed by atoms with Crippen LogP contribution < -0.4 is 5.46 Å². The van der Waals surface area contributed by atoms with Gasteiger partial charge in [-0.25, -0.2) is 8.42 Å². The Labute approximate surface area is 398 Å². The van der Waals surface area contributed by atoms with Crippen LogP contribution in [-0.2, 0) is 22.7 Å². The predicted octanol–water partition coefficient (Wildman–Crippen LogP) is 13.2. The molecule has 9 rings (SSSR count). The molecule has 0 amide bonds. The highest BCUT2D eigenvalue weighted by Gasteiger charge is 2.20. The number of hydrogen-bond donors (Lipinski definition) is 2. The molecule has 0 aliphatic carbocycles. The number of hydrogen-bond acceptors (Lipinski definition) is 7. The first kappa shape index (κ1) is 47.0. The molecular formula is C50H42BCl4NO4S3. The molecule has 2 heterocycles. The summed E-state index contributed by atoms with van der Waals surface area (Å²) in [5.41, 5.74) is 10.9. The van der Waals surface area contributed by atoms with Gasteiger partial charge in [0.05, 0.1) is 4.90 Å². The van der Waals surface area contributed by atoms with Gasteiger partial charge in [0.2, 0.25) is 0 Å². The lowest BCUT2D eigenvalue weighted by molar-refractivity contribution is 0.426. The maximum Gasteiger partial charge on any atom is 0.488 e. The van der Waals surface area contributed by atoms with Gasteiger partial charge >= 0.3 is 7.12 Å². The summed E-state index contributed by atoms with van der Waals surface area (Å²) >= 11 is 27.2. The van der Waals surface area contributed by atoms with Gasteiger partial charge in [0, 0.05) is 51.3 Å². The van der Waals surface area contributed by atoms with E-state index in [9.17, 15) is 8.42 Å². The van der Waals surface area contributed by atoms with Crippen molar-refractivity contribution in [1.82, 2.24) is 0 Å². The topological polar surface area (TPSA) is 87.0 Å². The van der Waals surface area contributed by atoms with Crippen LogP contribution in [0.4, 0.5) is 0 Å². The predicted molar refractivity (Wildman–Crippen MR) is 265 cm³/mol. The van der Waals surface area contributed by atoms with Crippen molar-refractivity contribution in [2.24, 2.45) is 4.99 Å². The first-order valence-electron chi connectivity index (χ1n) is 20.0. The molecule has 0 fully saturated rings. The van der Waals surface area contributed by atoms with Gasteiger partial charge < -0.3 is 10.0 Å². The summed E-state index contributed by atoms with van der Waals surface area (Å²) in [4.78, 5) is 9.97. The number of aryl methyl sites for hydroxylation is 1. The van der Waals surface area contributed by atoms with E-state index < -0.39 is 17.0 Å². The minimum Gasteiger partial charge on any atom is -0.423 e. The second kappa shape index (κ2) is 20.9. The maximum absolute atomic E-state index is 12.5. The van der Waals surface area contributed by atoms with Crippen molar-refractivity contribution in [2.75, 3.05) is 5.88 Å². The Balaban J connectivity index is 0.000000154. The molecule has 320 valence electrons. The summed E-state index contributed by atoms with van der Waals surface area (Å²) in [6.45, 7) is 6.01. The third-order valence-electron chi connectivity index (χ3n) is 10.6. The monoisotopic (exact) mass is 967 g/mol. The fourth-order valence-corrected chi connectivity index (χ4v) is 11.4. The number of aliphatic imine (C=N–C) groups is 1. The molecule has 1 unspecified atom stereocenters. The van der Waals surface area contributed by atoms with Gasteiger partial charge in [-0.05, 0) is 150 Å². The zero-order chi connectivity index (χ0) is 44.8. The van der Waals surface area contributed by atoms with Crippen LogP contribution in [0, 0.1) is 6.92 Å². The second-order valence-electron chi connectivity index (χ2n) is 15.3. The first-order valence-corrected chi connectivity index (χ1v) is 24.8. The Bertz CT molecular complexity index is 2890. The van der Waals surface area contributed by atoms with Crippen molar-refractivity contribution >= 4 is 98.1 Å². The summed E-state index contributed by atoms with van der Waals surface area (Å²) < 4.78 is 25.1. The van der Waals surface area contributed by atoms with E-state index in [-0.39, 0.29) is 11.8 Å². The molecule has 1 atom stereocenters. The van der Waals surface area contributed by atoms with Crippen LogP contribution in [0.3, 0.4) is 0 Å². The molecular weight excluding hydrogens is 927 g/mol. The third kappa shape index (κ3) is 12.2. The average molecular weight is 970 g/mol. The molecule has 13 heteroatoms. The second-order valence-corrected chi connectivity index (χ2v) is 21.1. The van der Waals surface area contributed by atoms with Gasteiger partial charge in [-0.15, -0.1) is 0 Å². The highest BCUT2D eigenvalue weighted by molar-refractivity contribution is 7.99. The Morgan fingerprint density at radius 1 is 0.619 bits per heavy atom. The Hall–Kier alpha value is -4.00. The minimum atomic E-state index is -3.43. The Morgan fingerprint density at radius 3 is 1.67 bits per heavy atom. The standard InChI is InChI=1S/C23H21NO2S2.C21H16Cl2S.C6H5BCl2O2/c1-16-7-10-21(11-8-16)28(25,26)15-24-17(2)18-9-12-23-20(13-18)14-19-5-3-4-6-22(19)27-23;1-13(16-10-18(22)12-19(23)11-16)14-6-7-21-17(8-14)9-15-4-2-3-5-20(15)24-21;8-5-1-4(7(10)11)2-6(9)3-5/h3-13H,14-15H2,1-2H3;2-8,10-13H,9H2,1H3;1-3,10-11H. The van der Waals surface area contributed by atoms with Crippen molar-refractivity contribution < 1.29 is 18.5 Å². The molecule has 63 heavy (non-hydrogen) atoms. The molecule has 2 aliphatic rings. The van der Waals surface area contributed by atoms with Crippen molar-refractivity contribution in [3.05, 3.63) is 210 Å². The fraction of sp³-hybridized carbons (Fsp3) is 0.140. The number of benzene rings is 7. The van der Waals surface area contributed by atoms with E-state index in [4.69, 9.17) is 56.5 Å². The lowest BCUT2D eigenvalue weighted by atomic mass is 9.80. The van der Waals surface area contributed by atoms with E-state index in [1.165, 1.54) is 65.6 Å². The largest absolute Gasteiger partial charge is 0.488 e. The molecule has 5 nitrogen and oxygen atoms in total. The minimum absolute atomic E-state index is 0.240. The average Bonchev–Trinajstić information content (AvgIpc) is 3.26. The van der Waals surface area contributed by atoms with E-state index in [0.29, 0.717) is 30.4 Å². The molecule has 7 aromatic carbocycles. The van der Waals surface area contributed by atoms with Crippen LogP contribution in [-0.4, -0.2) is 37.2 Å². The third-order valence-corrected chi connectivity index (χ3v) is 15.4.